The summed E-state index contributed by atoms with van der Waals surface area (Å²) >= 11 is 0. The minimum atomic E-state index is 0.745. The summed E-state index contributed by atoms with van der Waals surface area (Å²) in [6.07, 6.45) is 0. The van der Waals surface area contributed by atoms with E-state index in [9.17, 15) is 0 Å². The zero-order valence-electron chi connectivity index (χ0n) is 13.4. The van der Waals surface area contributed by atoms with E-state index in [2.05, 4.69) is 53.6 Å². The highest BCUT2D eigenvalue weighted by Crippen LogP contribution is 2.26. The Balaban J connectivity index is 1.75. The SMILES string of the molecule is Cn1nc(-c2cccc(-c3ccccc3)c2)nc1-c1ccccc1. The lowest BCUT2D eigenvalue weighted by atomic mass is 10.0. The monoisotopic (exact) mass is 311 g/mol. The zero-order chi connectivity index (χ0) is 16.4. The molecular weight excluding hydrogens is 294 g/mol. The first-order valence-electron chi connectivity index (χ1n) is 7.93. The molecule has 4 aromatic rings. The summed E-state index contributed by atoms with van der Waals surface area (Å²) in [6, 6.07) is 28.8. The summed E-state index contributed by atoms with van der Waals surface area (Å²) in [5, 5.41) is 4.60. The second kappa shape index (κ2) is 6.13. The largest absolute Gasteiger partial charge is 0.248 e. The van der Waals surface area contributed by atoms with E-state index in [1.54, 1.807) is 0 Å². The molecular formula is C21H17N3. The van der Waals surface area contributed by atoms with Crippen LogP contribution in [0.15, 0.2) is 84.9 Å². The lowest BCUT2D eigenvalue weighted by molar-refractivity contribution is 0.777. The van der Waals surface area contributed by atoms with Crippen molar-refractivity contribution in [3.8, 4) is 33.9 Å². The number of aryl methyl sites for hydroxylation is 1. The highest BCUT2D eigenvalue weighted by atomic mass is 15.3. The maximum absolute atomic E-state index is 4.74. The van der Waals surface area contributed by atoms with Crippen LogP contribution < -0.4 is 0 Å². The fourth-order valence-electron chi connectivity index (χ4n) is 2.81. The molecule has 0 saturated carbocycles. The second-order valence-electron chi connectivity index (χ2n) is 5.70. The third kappa shape index (κ3) is 2.72. The molecule has 0 radical (unpaired) electrons. The Bertz CT molecular complexity index is 957. The van der Waals surface area contributed by atoms with E-state index in [1.807, 2.05) is 48.1 Å². The molecule has 3 nitrogen and oxygen atoms in total. The zero-order valence-corrected chi connectivity index (χ0v) is 13.4. The van der Waals surface area contributed by atoms with Gasteiger partial charge in [0.2, 0.25) is 0 Å². The predicted octanol–water partition coefficient (Wildman–Crippen LogP) is 4.82. The highest BCUT2D eigenvalue weighted by molar-refractivity contribution is 5.71. The highest BCUT2D eigenvalue weighted by Gasteiger charge is 2.11. The van der Waals surface area contributed by atoms with E-state index < -0.39 is 0 Å². The first-order chi connectivity index (χ1) is 11.8. The van der Waals surface area contributed by atoms with Gasteiger partial charge in [-0.2, -0.15) is 5.10 Å². The first-order valence-corrected chi connectivity index (χ1v) is 7.93. The minimum absolute atomic E-state index is 0.745. The van der Waals surface area contributed by atoms with Crippen LogP contribution in [0, 0.1) is 0 Å². The van der Waals surface area contributed by atoms with Gasteiger partial charge < -0.3 is 0 Å². The van der Waals surface area contributed by atoms with Crippen molar-refractivity contribution in [3.05, 3.63) is 84.9 Å². The van der Waals surface area contributed by atoms with Gasteiger partial charge in [-0.3, -0.25) is 0 Å². The summed E-state index contributed by atoms with van der Waals surface area (Å²) in [6.45, 7) is 0. The maximum Gasteiger partial charge on any atom is 0.181 e. The van der Waals surface area contributed by atoms with Crippen molar-refractivity contribution in [2.75, 3.05) is 0 Å². The van der Waals surface area contributed by atoms with Gasteiger partial charge in [0.05, 0.1) is 0 Å². The molecule has 0 bridgehead atoms. The molecule has 0 atom stereocenters. The molecule has 0 unspecified atom stereocenters. The molecule has 0 spiro atoms. The smallest absolute Gasteiger partial charge is 0.181 e. The standard InChI is InChI=1S/C21H17N3/c1-24-21(17-11-6-3-7-12-17)22-20(23-24)19-14-8-13-18(15-19)16-9-4-2-5-10-16/h2-15H,1H3. The number of rotatable bonds is 3. The molecule has 0 aliphatic carbocycles. The van der Waals surface area contributed by atoms with E-state index >= 15 is 0 Å². The molecule has 3 aromatic carbocycles. The topological polar surface area (TPSA) is 30.7 Å². The molecule has 1 aromatic heterocycles. The Morgan fingerprint density at radius 2 is 1.21 bits per heavy atom. The average Bonchev–Trinajstić information content (AvgIpc) is 3.05. The summed E-state index contributed by atoms with van der Waals surface area (Å²) in [4.78, 5) is 4.74. The van der Waals surface area contributed by atoms with Crippen LogP contribution >= 0.6 is 0 Å². The van der Waals surface area contributed by atoms with Crippen LogP contribution in [0.2, 0.25) is 0 Å². The first kappa shape index (κ1) is 14.4. The van der Waals surface area contributed by atoms with Crippen molar-refractivity contribution in [3.63, 3.8) is 0 Å². The molecule has 0 aliphatic rings. The van der Waals surface area contributed by atoms with Gasteiger partial charge >= 0.3 is 0 Å². The second-order valence-corrected chi connectivity index (χ2v) is 5.70. The van der Waals surface area contributed by atoms with E-state index in [1.165, 1.54) is 11.1 Å². The molecule has 0 aliphatic heterocycles. The van der Waals surface area contributed by atoms with Gasteiger partial charge in [-0.1, -0.05) is 78.9 Å². The van der Waals surface area contributed by atoms with Crippen molar-refractivity contribution < 1.29 is 0 Å². The molecule has 4 rings (SSSR count). The van der Waals surface area contributed by atoms with Crippen molar-refractivity contribution in [1.29, 1.82) is 0 Å². The van der Waals surface area contributed by atoms with E-state index in [4.69, 9.17) is 4.98 Å². The van der Waals surface area contributed by atoms with E-state index in [0.717, 1.165) is 22.8 Å². The summed E-state index contributed by atoms with van der Waals surface area (Å²) in [5.41, 5.74) is 4.45. The number of nitrogens with zero attached hydrogens (tertiary/aromatic N) is 3. The normalized spacial score (nSPS) is 10.7. The number of hydrogen-bond donors (Lipinski definition) is 0. The molecule has 0 saturated heterocycles. The Labute approximate surface area is 141 Å². The molecule has 116 valence electrons. The molecule has 24 heavy (non-hydrogen) atoms. The summed E-state index contributed by atoms with van der Waals surface area (Å²) < 4.78 is 1.83. The lowest BCUT2D eigenvalue weighted by Gasteiger charge is -2.03. The molecule has 0 fully saturated rings. The number of hydrogen-bond acceptors (Lipinski definition) is 2. The molecule has 3 heteroatoms. The van der Waals surface area contributed by atoms with Crippen LogP contribution in [0.25, 0.3) is 33.9 Å². The van der Waals surface area contributed by atoms with Gasteiger partial charge in [-0.15, -0.1) is 0 Å². The van der Waals surface area contributed by atoms with Crippen molar-refractivity contribution in [1.82, 2.24) is 14.8 Å². The van der Waals surface area contributed by atoms with E-state index in [0.29, 0.717) is 0 Å². The fraction of sp³-hybridized carbons (Fsp3) is 0.0476. The van der Waals surface area contributed by atoms with Crippen molar-refractivity contribution in [2.24, 2.45) is 7.05 Å². The third-order valence-electron chi connectivity index (χ3n) is 4.02. The molecule has 0 N–H and O–H groups in total. The van der Waals surface area contributed by atoms with E-state index in [-0.39, 0.29) is 0 Å². The van der Waals surface area contributed by atoms with Crippen molar-refractivity contribution >= 4 is 0 Å². The van der Waals surface area contributed by atoms with Crippen LogP contribution in [0.1, 0.15) is 0 Å². The van der Waals surface area contributed by atoms with Gasteiger partial charge in [-0.05, 0) is 17.2 Å². The van der Waals surface area contributed by atoms with Crippen molar-refractivity contribution in [2.45, 2.75) is 0 Å². The minimum Gasteiger partial charge on any atom is -0.248 e. The van der Waals surface area contributed by atoms with Crippen LogP contribution in [0.5, 0.6) is 0 Å². The molecule has 1 heterocycles. The van der Waals surface area contributed by atoms with Gasteiger partial charge in [-0.25, -0.2) is 9.67 Å². The van der Waals surface area contributed by atoms with Gasteiger partial charge in [0.25, 0.3) is 0 Å². The van der Waals surface area contributed by atoms with Gasteiger partial charge in [0.15, 0.2) is 11.6 Å². The summed E-state index contributed by atoms with van der Waals surface area (Å²) in [7, 11) is 1.93. The fourth-order valence-corrected chi connectivity index (χ4v) is 2.81. The Morgan fingerprint density at radius 1 is 0.625 bits per heavy atom. The number of benzene rings is 3. The van der Waals surface area contributed by atoms with Gasteiger partial charge in [0.1, 0.15) is 0 Å². The maximum atomic E-state index is 4.74. The predicted molar refractivity (Wildman–Crippen MR) is 97.3 cm³/mol. The van der Waals surface area contributed by atoms with Crippen LogP contribution in [-0.2, 0) is 7.05 Å². The lowest BCUT2D eigenvalue weighted by Crippen LogP contribution is -1.94. The quantitative estimate of drug-likeness (QED) is 0.543. The van der Waals surface area contributed by atoms with Gasteiger partial charge in [0, 0.05) is 18.2 Å². The molecule has 0 amide bonds. The summed E-state index contributed by atoms with van der Waals surface area (Å²) in [5.74, 6) is 1.62. The van der Waals surface area contributed by atoms with Crippen LogP contribution in [0.4, 0.5) is 0 Å². The Morgan fingerprint density at radius 3 is 1.92 bits per heavy atom. The van der Waals surface area contributed by atoms with Crippen LogP contribution in [0.3, 0.4) is 0 Å². The average molecular weight is 311 g/mol. The third-order valence-corrected chi connectivity index (χ3v) is 4.02. The number of aromatic nitrogens is 3. The Hall–Kier alpha value is -3.20. The van der Waals surface area contributed by atoms with Crippen LogP contribution in [-0.4, -0.2) is 14.8 Å². The Kier molecular flexibility index (Phi) is 3.67.